The Labute approximate surface area is 161 Å². The Bertz CT molecular complexity index is 799. The molecular formula is C17H16Cl2N2O3S. The van der Waals surface area contributed by atoms with Crippen LogP contribution in [0.2, 0.25) is 10.0 Å². The molecule has 0 saturated heterocycles. The van der Waals surface area contributed by atoms with Gasteiger partial charge in [0.15, 0.2) is 5.11 Å². The van der Waals surface area contributed by atoms with E-state index < -0.39 is 5.91 Å². The van der Waals surface area contributed by atoms with Gasteiger partial charge in [0.1, 0.15) is 11.5 Å². The van der Waals surface area contributed by atoms with Crippen molar-refractivity contribution in [1.82, 2.24) is 5.32 Å². The zero-order valence-electron chi connectivity index (χ0n) is 13.6. The number of nitrogens with one attached hydrogen (secondary N) is 2. The Kier molecular flexibility index (Phi) is 6.87. The van der Waals surface area contributed by atoms with Gasteiger partial charge in [-0.25, -0.2) is 0 Å². The molecule has 0 radical (unpaired) electrons. The Morgan fingerprint density at radius 2 is 1.96 bits per heavy atom. The van der Waals surface area contributed by atoms with Gasteiger partial charge >= 0.3 is 0 Å². The highest BCUT2D eigenvalue weighted by atomic mass is 35.5. The first-order chi connectivity index (χ1) is 12.0. The van der Waals surface area contributed by atoms with Crippen molar-refractivity contribution >= 4 is 52.1 Å². The van der Waals surface area contributed by atoms with Gasteiger partial charge in [0.2, 0.25) is 0 Å². The molecule has 0 heterocycles. The Hall–Kier alpha value is -2.02. The SMILES string of the molecule is CCOc1ccccc1NC(=S)NC(=O)c1cc(Cl)cc(Cl)c1OC. The maximum absolute atomic E-state index is 12.5. The molecule has 132 valence electrons. The van der Waals surface area contributed by atoms with Gasteiger partial charge in [-0.2, -0.15) is 0 Å². The van der Waals surface area contributed by atoms with Crippen molar-refractivity contribution in [3.63, 3.8) is 0 Å². The van der Waals surface area contributed by atoms with Crippen molar-refractivity contribution in [1.29, 1.82) is 0 Å². The molecule has 0 unspecified atom stereocenters. The average molecular weight is 399 g/mol. The number of carbonyl (C=O) groups is 1. The number of anilines is 1. The number of halogens is 2. The topological polar surface area (TPSA) is 59.6 Å². The fourth-order valence-corrected chi connectivity index (χ4v) is 2.88. The molecule has 0 spiro atoms. The van der Waals surface area contributed by atoms with Crippen molar-refractivity contribution in [3.05, 3.63) is 52.0 Å². The molecule has 0 saturated carbocycles. The van der Waals surface area contributed by atoms with E-state index in [1.54, 1.807) is 12.1 Å². The number of carbonyl (C=O) groups excluding carboxylic acids is 1. The quantitative estimate of drug-likeness (QED) is 0.724. The van der Waals surface area contributed by atoms with Gasteiger partial charge in [-0.05, 0) is 43.4 Å². The molecular weight excluding hydrogens is 383 g/mol. The molecule has 25 heavy (non-hydrogen) atoms. The van der Waals surface area contributed by atoms with Crippen molar-refractivity contribution in [2.24, 2.45) is 0 Å². The molecule has 0 fully saturated rings. The van der Waals surface area contributed by atoms with Crippen molar-refractivity contribution < 1.29 is 14.3 Å². The van der Waals surface area contributed by atoms with Gasteiger partial charge in [0, 0.05) is 5.02 Å². The van der Waals surface area contributed by atoms with Gasteiger partial charge in [-0.15, -0.1) is 0 Å². The van der Waals surface area contributed by atoms with Crippen LogP contribution in [0.15, 0.2) is 36.4 Å². The summed E-state index contributed by atoms with van der Waals surface area (Å²) < 4.78 is 10.7. The fraction of sp³-hybridized carbons (Fsp3) is 0.176. The van der Waals surface area contributed by atoms with Crippen molar-refractivity contribution in [2.75, 3.05) is 19.0 Å². The Morgan fingerprint density at radius 1 is 1.24 bits per heavy atom. The number of ether oxygens (including phenoxy) is 2. The maximum Gasteiger partial charge on any atom is 0.261 e. The molecule has 0 aliphatic rings. The molecule has 2 rings (SSSR count). The van der Waals surface area contributed by atoms with Crippen LogP contribution in [0, 0.1) is 0 Å². The highest BCUT2D eigenvalue weighted by Gasteiger charge is 2.18. The third-order valence-corrected chi connectivity index (χ3v) is 3.82. The minimum Gasteiger partial charge on any atom is -0.494 e. The van der Waals surface area contributed by atoms with E-state index in [0.717, 1.165) is 0 Å². The number of amides is 1. The van der Waals surface area contributed by atoms with Crippen LogP contribution in [0.5, 0.6) is 11.5 Å². The van der Waals surface area contributed by atoms with E-state index in [1.807, 2.05) is 19.1 Å². The predicted molar refractivity (Wildman–Crippen MR) is 104 cm³/mol. The fourth-order valence-electron chi connectivity index (χ4n) is 2.11. The molecule has 0 aliphatic heterocycles. The van der Waals surface area contributed by atoms with Crippen LogP contribution in [0.3, 0.4) is 0 Å². The van der Waals surface area contributed by atoms with Gasteiger partial charge in [0.05, 0.1) is 30.0 Å². The van der Waals surface area contributed by atoms with Crippen molar-refractivity contribution in [3.8, 4) is 11.5 Å². The molecule has 1 amide bonds. The molecule has 2 N–H and O–H groups in total. The number of benzene rings is 2. The summed E-state index contributed by atoms with van der Waals surface area (Å²) in [6.07, 6.45) is 0. The van der Waals surface area contributed by atoms with E-state index in [0.29, 0.717) is 23.1 Å². The normalized spacial score (nSPS) is 10.1. The minimum absolute atomic E-state index is 0.107. The van der Waals surface area contributed by atoms with Crippen molar-refractivity contribution in [2.45, 2.75) is 6.92 Å². The number of hydrogen-bond donors (Lipinski definition) is 2. The summed E-state index contributed by atoms with van der Waals surface area (Å²) in [5, 5.41) is 6.16. The molecule has 2 aromatic rings. The first-order valence-electron chi connectivity index (χ1n) is 7.33. The van der Waals surface area contributed by atoms with Crippen LogP contribution < -0.4 is 20.1 Å². The Morgan fingerprint density at radius 3 is 2.64 bits per heavy atom. The lowest BCUT2D eigenvalue weighted by atomic mass is 10.2. The standard InChI is InChI=1S/C17H16Cl2N2O3S/c1-3-24-14-7-5-4-6-13(14)20-17(25)21-16(22)11-8-10(18)9-12(19)15(11)23-2/h4-9H,3H2,1-2H3,(H2,20,21,22,25). The van der Waals surface area contributed by atoms with Crippen LogP contribution in [0.25, 0.3) is 0 Å². The second kappa shape index (κ2) is 8.89. The molecule has 0 atom stereocenters. The molecule has 0 bridgehead atoms. The number of hydrogen-bond acceptors (Lipinski definition) is 4. The lowest BCUT2D eigenvalue weighted by Crippen LogP contribution is -2.34. The summed E-state index contributed by atoms with van der Waals surface area (Å²) in [4.78, 5) is 12.5. The van der Waals surface area contributed by atoms with E-state index in [4.69, 9.17) is 44.9 Å². The molecule has 5 nitrogen and oxygen atoms in total. The van der Waals surface area contributed by atoms with Crippen LogP contribution in [0.4, 0.5) is 5.69 Å². The number of rotatable bonds is 5. The largest absolute Gasteiger partial charge is 0.494 e. The highest BCUT2D eigenvalue weighted by Crippen LogP contribution is 2.32. The summed E-state index contributed by atoms with van der Waals surface area (Å²) in [7, 11) is 1.42. The molecule has 0 aromatic heterocycles. The summed E-state index contributed by atoms with van der Waals surface area (Å²) in [5.74, 6) is 0.360. The first-order valence-corrected chi connectivity index (χ1v) is 8.49. The predicted octanol–water partition coefficient (Wildman–Crippen LogP) is 4.53. The van der Waals surface area contributed by atoms with Gasteiger partial charge in [-0.3, -0.25) is 10.1 Å². The monoisotopic (exact) mass is 398 g/mol. The average Bonchev–Trinajstić information content (AvgIpc) is 2.56. The molecule has 2 aromatic carbocycles. The smallest absolute Gasteiger partial charge is 0.261 e. The number of thiocarbonyl (C=S) groups is 1. The number of para-hydroxylation sites is 2. The second-order valence-corrected chi connectivity index (χ2v) is 6.06. The zero-order valence-corrected chi connectivity index (χ0v) is 15.9. The minimum atomic E-state index is -0.493. The zero-order chi connectivity index (χ0) is 18.4. The van der Waals surface area contributed by atoms with Crippen LogP contribution in [-0.2, 0) is 0 Å². The van der Waals surface area contributed by atoms with E-state index in [1.165, 1.54) is 19.2 Å². The van der Waals surface area contributed by atoms with E-state index in [-0.39, 0.29) is 21.4 Å². The van der Waals surface area contributed by atoms with Gasteiger partial charge < -0.3 is 14.8 Å². The van der Waals surface area contributed by atoms with E-state index in [9.17, 15) is 4.79 Å². The lowest BCUT2D eigenvalue weighted by Gasteiger charge is -2.15. The maximum atomic E-state index is 12.5. The first kappa shape index (κ1) is 19.3. The summed E-state index contributed by atoms with van der Waals surface area (Å²) >= 11 is 17.2. The summed E-state index contributed by atoms with van der Waals surface area (Å²) in [6.45, 7) is 2.39. The lowest BCUT2D eigenvalue weighted by molar-refractivity contribution is 0.0974. The summed E-state index contributed by atoms with van der Waals surface area (Å²) in [5.41, 5.74) is 0.827. The summed E-state index contributed by atoms with van der Waals surface area (Å²) in [6, 6.07) is 10.2. The molecule has 8 heteroatoms. The number of methoxy groups -OCH3 is 1. The third kappa shape index (κ3) is 4.98. The van der Waals surface area contributed by atoms with E-state index >= 15 is 0 Å². The Balaban J connectivity index is 2.15. The highest BCUT2D eigenvalue weighted by molar-refractivity contribution is 7.80. The van der Waals surface area contributed by atoms with E-state index in [2.05, 4.69) is 10.6 Å². The second-order valence-electron chi connectivity index (χ2n) is 4.81. The van der Waals surface area contributed by atoms with Crippen LogP contribution >= 0.6 is 35.4 Å². The molecule has 0 aliphatic carbocycles. The van der Waals surface area contributed by atoms with Gasteiger partial charge in [-0.1, -0.05) is 35.3 Å². The van der Waals surface area contributed by atoms with Gasteiger partial charge in [0.25, 0.3) is 5.91 Å². The third-order valence-electron chi connectivity index (χ3n) is 3.12. The van der Waals surface area contributed by atoms with Crippen LogP contribution in [0.1, 0.15) is 17.3 Å². The van der Waals surface area contributed by atoms with Crippen LogP contribution in [-0.4, -0.2) is 24.7 Å².